The zero-order valence-corrected chi connectivity index (χ0v) is 16.3. The molecule has 1 saturated heterocycles. The van der Waals surface area contributed by atoms with Crippen LogP contribution in [0.2, 0.25) is 0 Å². The Balaban J connectivity index is 1.31. The number of hydrogen-bond donors (Lipinski definition) is 0. The number of benzene rings is 1. The van der Waals surface area contributed by atoms with Gasteiger partial charge >= 0.3 is 0 Å². The molecular formula is C18H22N6O2S. The van der Waals surface area contributed by atoms with Crippen molar-refractivity contribution < 1.29 is 9.53 Å². The molecule has 1 aliphatic rings. The molecule has 1 amide bonds. The van der Waals surface area contributed by atoms with Gasteiger partial charge < -0.3 is 14.5 Å². The number of anilines is 1. The van der Waals surface area contributed by atoms with Crippen molar-refractivity contribution in [2.45, 2.75) is 19.8 Å². The number of hydrogen-bond acceptors (Lipinski definition) is 7. The Kier molecular flexibility index (Phi) is 4.93. The van der Waals surface area contributed by atoms with Crippen LogP contribution in [0.15, 0.2) is 24.3 Å². The first-order chi connectivity index (χ1) is 13.2. The number of rotatable bonds is 5. The lowest BCUT2D eigenvalue weighted by molar-refractivity contribution is -0.131. The van der Waals surface area contributed by atoms with Crippen LogP contribution in [-0.2, 0) is 11.2 Å². The van der Waals surface area contributed by atoms with Gasteiger partial charge in [0.25, 0.3) is 0 Å². The molecule has 0 unspecified atom stereocenters. The van der Waals surface area contributed by atoms with Gasteiger partial charge in [-0.1, -0.05) is 23.5 Å². The Labute approximate surface area is 161 Å². The molecule has 1 aliphatic heterocycles. The van der Waals surface area contributed by atoms with E-state index in [1.165, 1.54) is 11.3 Å². The van der Waals surface area contributed by atoms with Crippen molar-refractivity contribution in [1.29, 1.82) is 0 Å². The summed E-state index contributed by atoms with van der Waals surface area (Å²) in [6.45, 7) is 4.93. The van der Waals surface area contributed by atoms with Crippen LogP contribution in [0.25, 0.3) is 4.96 Å². The van der Waals surface area contributed by atoms with Gasteiger partial charge in [0.2, 0.25) is 10.9 Å². The molecule has 0 saturated carbocycles. The van der Waals surface area contributed by atoms with Gasteiger partial charge in [0.05, 0.1) is 12.8 Å². The minimum atomic E-state index is 0.178. The maximum atomic E-state index is 12.6. The first-order valence-corrected chi connectivity index (χ1v) is 9.81. The molecule has 27 heavy (non-hydrogen) atoms. The standard InChI is InChI=1S/C18H22N6O2S/c1-13-19-20-18-24(13)21-16(27-18)7-8-17(25)23-11-9-22(10-12-23)14-5-3-4-6-15(14)26-2/h3-6H,7-12H2,1-2H3. The first-order valence-electron chi connectivity index (χ1n) is 8.99. The Morgan fingerprint density at radius 1 is 1.19 bits per heavy atom. The molecule has 4 rings (SSSR count). The summed E-state index contributed by atoms with van der Waals surface area (Å²) in [4.78, 5) is 17.6. The summed E-state index contributed by atoms with van der Waals surface area (Å²) >= 11 is 1.49. The quantitative estimate of drug-likeness (QED) is 0.665. The fourth-order valence-corrected chi connectivity index (χ4v) is 4.19. The summed E-state index contributed by atoms with van der Waals surface area (Å²) in [5, 5.41) is 13.4. The number of methoxy groups -OCH3 is 1. The monoisotopic (exact) mass is 386 g/mol. The smallest absolute Gasteiger partial charge is 0.234 e. The van der Waals surface area contributed by atoms with Crippen LogP contribution < -0.4 is 9.64 Å². The highest BCUT2D eigenvalue weighted by atomic mass is 32.1. The fraction of sp³-hybridized carbons (Fsp3) is 0.444. The van der Waals surface area contributed by atoms with Crippen molar-refractivity contribution in [2.75, 3.05) is 38.2 Å². The van der Waals surface area contributed by atoms with Gasteiger partial charge in [-0.25, -0.2) is 0 Å². The van der Waals surface area contributed by atoms with E-state index in [2.05, 4.69) is 26.3 Å². The molecule has 0 atom stereocenters. The van der Waals surface area contributed by atoms with Gasteiger partial charge in [-0.15, -0.1) is 10.2 Å². The van der Waals surface area contributed by atoms with E-state index in [0.29, 0.717) is 12.8 Å². The number of aryl methyl sites for hydroxylation is 2. The van der Waals surface area contributed by atoms with E-state index in [1.54, 1.807) is 11.6 Å². The first kappa shape index (κ1) is 17.7. The lowest BCUT2D eigenvalue weighted by Gasteiger charge is -2.36. The van der Waals surface area contributed by atoms with E-state index in [4.69, 9.17) is 4.74 Å². The predicted octanol–water partition coefficient (Wildman–Crippen LogP) is 1.78. The fourth-order valence-electron chi connectivity index (χ4n) is 3.32. The highest BCUT2D eigenvalue weighted by Gasteiger charge is 2.23. The Morgan fingerprint density at radius 2 is 1.96 bits per heavy atom. The Morgan fingerprint density at radius 3 is 2.70 bits per heavy atom. The van der Waals surface area contributed by atoms with Crippen LogP contribution in [-0.4, -0.2) is 63.9 Å². The molecule has 8 nitrogen and oxygen atoms in total. The molecule has 3 heterocycles. The second kappa shape index (κ2) is 7.51. The predicted molar refractivity (Wildman–Crippen MR) is 104 cm³/mol. The van der Waals surface area contributed by atoms with Crippen LogP contribution in [0, 0.1) is 6.92 Å². The average Bonchev–Trinajstić information content (AvgIpc) is 3.27. The number of amides is 1. The second-order valence-electron chi connectivity index (χ2n) is 6.48. The third-order valence-electron chi connectivity index (χ3n) is 4.80. The molecule has 9 heteroatoms. The van der Waals surface area contributed by atoms with Gasteiger partial charge in [0.15, 0.2) is 5.82 Å². The lowest BCUT2D eigenvalue weighted by Crippen LogP contribution is -2.48. The summed E-state index contributed by atoms with van der Waals surface area (Å²) < 4.78 is 7.18. The minimum absolute atomic E-state index is 0.178. The number of piperazine rings is 1. The third-order valence-corrected chi connectivity index (χ3v) is 5.76. The van der Waals surface area contributed by atoms with Crippen molar-refractivity contribution in [3.8, 4) is 5.75 Å². The highest BCUT2D eigenvalue weighted by molar-refractivity contribution is 7.16. The van der Waals surface area contributed by atoms with Gasteiger partial charge in [-0.2, -0.15) is 9.61 Å². The highest BCUT2D eigenvalue weighted by Crippen LogP contribution is 2.28. The number of carbonyl (C=O) groups excluding carboxylic acids is 1. The summed E-state index contributed by atoms with van der Waals surface area (Å²) in [6, 6.07) is 8.01. The van der Waals surface area contributed by atoms with Crippen molar-refractivity contribution >= 4 is 27.9 Å². The van der Waals surface area contributed by atoms with E-state index in [-0.39, 0.29) is 5.91 Å². The van der Waals surface area contributed by atoms with Gasteiger partial charge in [0, 0.05) is 39.0 Å². The Bertz CT molecular complexity index is 944. The normalized spacial score (nSPS) is 14.7. The molecule has 3 aromatic rings. The van der Waals surface area contributed by atoms with E-state index in [1.807, 2.05) is 30.0 Å². The zero-order chi connectivity index (χ0) is 18.8. The van der Waals surface area contributed by atoms with Crippen molar-refractivity contribution in [3.05, 3.63) is 35.1 Å². The van der Waals surface area contributed by atoms with Gasteiger partial charge in [-0.05, 0) is 19.1 Å². The molecule has 1 fully saturated rings. The number of ether oxygens (including phenoxy) is 1. The van der Waals surface area contributed by atoms with Crippen LogP contribution >= 0.6 is 11.3 Å². The molecule has 0 radical (unpaired) electrons. The maximum absolute atomic E-state index is 12.6. The summed E-state index contributed by atoms with van der Waals surface area (Å²) in [5.74, 6) is 1.82. The van der Waals surface area contributed by atoms with E-state index >= 15 is 0 Å². The molecule has 0 bridgehead atoms. The molecule has 0 aliphatic carbocycles. The summed E-state index contributed by atoms with van der Waals surface area (Å²) in [6.07, 6.45) is 1.11. The topological polar surface area (TPSA) is 75.9 Å². The maximum Gasteiger partial charge on any atom is 0.234 e. The van der Waals surface area contributed by atoms with E-state index < -0.39 is 0 Å². The number of aromatic nitrogens is 4. The Hall–Kier alpha value is -2.68. The van der Waals surface area contributed by atoms with Crippen LogP contribution in [0.1, 0.15) is 17.3 Å². The van der Waals surface area contributed by atoms with Crippen molar-refractivity contribution in [1.82, 2.24) is 24.7 Å². The third kappa shape index (κ3) is 3.59. The van der Waals surface area contributed by atoms with Gasteiger partial charge in [0.1, 0.15) is 10.8 Å². The van der Waals surface area contributed by atoms with Crippen LogP contribution in [0.4, 0.5) is 5.69 Å². The molecule has 0 N–H and O–H groups in total. The lowest BCUT2D eigenvalue weighted by atomic mass is 10.2. The van der Waals surface area contributed by atoms with Crippen molar-refractivity contribution in [2.24, 2.45) is 0 Å². The van der Waals surface area contributed by atoms with Crippen LogP contribution in [0.5, 0.6) is 5.75 Å². The zero-order valence-electron chi connectivity index (χ0n) is 15.5. The van der Waals surface area contributed by atoms with E-state index in [0.717, 1.165) is 53.4 Å². The minimum Gasteiger partial charge on any atom is -0.495 e. The number of para-hydroxylation sites is 2. The van der Waals surface area contributed by atoms with Crippen LogP contribution in [0.3, 0.4) is 0 Å². The molecule has 142 valence electrons. The summed E-state index contributed by atoms with van der Waals surface area (Å²) in [5.41, 5.74) is 1.09. The average molecular weight is 386 g/mol. The SMILES string of the molecule is COc1ccccc1N1CCN(C(=O)CCc2nn3c(C)nnc3s2)CC1. The molecule has 1 aromatic carbocycles. The van der Waals surface area contributed by atoms with Gasteiger partial charge in [-0.3, -0.25) is 4.79 Å². The number of fused-ring (bicyclic) bond motifs is 1. The van der Waals surface area contributed by atoms with E-state index in [9.17, 15) is 4.79 Å². The molecular weight excluding hydrogens is 364 g/mol. The number of nitrogens with zero attached hydrogens (tertiary/aromatic N) is 6. The second-order valence-corrected chi connectivity index (χ2v) is 7.52. The molecule has 2 aromatic heterocycles. The number of carbonyl (C=O) groups is 1. The molecule has 0 spiro atoms. The largest absolute Gasteiger partial charge is 0.495 e. The summed E-state index contributed by atoms with van der Waals surface area (Å²) in [7, 11) is 1.69. The van der Waals surface area contributed by atoms with Crippen molar-refractivity contribution in [3.63, 3.8) is 0 Å².